The van der Waals surface area contributed by atoms with E-state index in [1.165, 1.54) is 6.33 Å². The molecule has 0 fully saturated rings. The van der Waals surface area contributed by atoms with Crippen LogP contribution in [0.1, 0.15) is 24.6 Å². The molecule has 6 nitrogen and oxygen atoms in total. The Morgan fingerprint density at radius 1 is 1.53 bits per heavy atom. The van der Waals surface area contributed by atoms with Crippen molar-refractivity contribution in [2.75, 3.05) is 0 Å². The lowest BCUT2D eigenvalue weighted by atomic mass is 10.3. The van der Waals surface area contributed by atoms with Crippen LogP contribution in [0.5, 0.6) is 0 Å². The van der Waals surface area contributed by atoms with Gasteiger partial charge in [0.2, 0.25) is 0 Å². The Morgan fingerprint density at radius 3 is 3.00 bits per heavy atom. The molecule has 2 N–H and O–H groups in total. The van der Waals surface area contributed by atoms with Gasteiger partial charge in [-0.2, -0.15) is 5.10 Å². The minimum absolute atomic E-state index is 0.190. The number of aryl methyl sites for hydroxylation is 1. The molecule has 0 amide bonds. The van der Waals surface area contributed by atoms with Gasteiger partial charge < -0.3 is 9.88 Å². The maximum absolute atomic E-state index is 4.27. The number of aromatic amines is 1. The second-order valence-electron chi connectivity index (χ2n) is 3.43. The van der Waals surface area contributed by atoms with E-state index in [2.05, 4.69) is 32.4 Å². The molecule has 15 heavy (non-hydrogen) atoms. The van der Waals surface area contributed by atoms with Crippen LogP contribution in [0.2, 0.25) is 0 Å². The third-order valence-corrected chi connectivity index (χ3v) is 2.29. The minimum Gasteiger partial charge on any atom is -0.337 e. The molecule has 2 rings (SSSR count). The summed E-state index contributed by atoms with van der Waals surface area (Å²) in [5.41, 5.74) is 0. The summed E-state index contributed by atoms with van der Waals surface area (Å²) in [5, 5.41) is 9.90. The highest BCUT2D eigenvalue weighted by atomic mass is 15.2. The maximum atomic E-state index is 4.27. The third kappa shape index (κ3) is 2.21. The number of nitrogens with zero attached hydrogens (tertiary/aromatic N) is 4. The molecule has 0 bridgehead atoms. The summed E-state index contributed by atoms with van der Waals surface area (Å²) in [6.07, 6.45) is 5.23. The molecule has 0 saturated heterocycles. The van der Waals surface area contributed by atoms with Crippen LogP contribution in [0.4, 0.5) is 0 Å². The molecule has 0 saturated carbocycles. The number of imidazole rings is 1. The first-order chi connectivity index (χ1) is 7.27. The van der Waals surface area contributed by atoms with Crippen LogP contribution in [-0.4, -0.2) is 24.7 Å². The van der Waals surface area contributed by atoms with Crippen LogP contribution >= 0.6 is 0 Å². The van der Waals surface area contributed by atoms with Crippen molar-refractivity contribution in [3.8, 4) is 0 Å². The molecule has 2 aromatic rings. The summed E-state index contributed by atoms with van der Waals surface area (Å²) in [7, 11) is 1.98. The summed E-state index contributed by atoms with van der Waals surface area (Å²) < 4.78 is 2.00. The lowest BCUT2D eigenvalue weighted by Gasteiger charge is -2.12. The molecule has 0 aromatic carbocycles. The summed E-state index contributed by atoms with van der Waals surface area (Å²) in [6.45, 7) is 2.73. The van der Waals surface area contributed by atoms with E-state index < -0.39 is 0 Å². The molecule has 0 spiro atoms. The Morgan fingerprint density at radius 2 is 2.40 bits per heavy atom. The summed E-state index contributed by atoms with van der Waals surface area (Å²) in [4.78, 5) is 8.31. The van der Waals surface area contributed by atoms with Crippen molar-refractivity contribution in [3.63, 3.8) is 0 Å². The van der Waals surface area contributed by atoms with E-state index in [4.69, 9.17) is 0 Å². The molecule has 0 radical (unpaired) electrons. The van der Waals surface area contributed by atoms with Crippen LogP contribution in [0.15, 0.2) is 18.7 Å². The molecular weight excluding hydrogens is 192 g/mol. The molecule has 0 aliphatic heterocycles. The summed E-state index contributed by atoms with van der Waals surface area (Å²) in [6, 6.07) is 0.190. The normalized spacial score (nSPS) is 12.9. The van der Waals surface area contributed by atoms with Gasteiger partial charge >= 0.3 is 0 Å². The van der Waals surface area contributed by atoms with Crippen molar-refractivity contribution >= 4 is 0 Å². The van der Waals surface area contributed by atoms with Crippen molar-refractivity contribution in [1.29, 1.82) is 0 Å². The molecule has 0 aliphatic carbocycles. The van der Waals surface area contributed by atoms with Crippen molar-refractivity contribution in [3.05, 3.63) is 30.4 Å². The van der Waals surface area contributed by atoms with Crippen molar-refractivity contribution in [1.82, 2.24) is 30.0 Å². The fraction of sp³-hybridized carbons (Fsp3) is 0.444. The van der Waals surface area contributed by atoms with Gasteiger partial charge in [-0.15, -0.1) is 0 Å². The van der Waals surface area contributed by atoms with Gasteiger partial charge in [-0.25, -0.2) is 9.97 Å². The lowest BCUT2D eigenvalue weighted by Crippen LogP contribution is -2.21. The number of hydrogen-bond acceptors (Lipinski definition) is 4. The number of nitrogens with one attached hydrogen (secondary N) is 2. The predicted molar refractivity (Wildman–Crippen MR) is 54.8 cm³/mol. The van der Waals surface area contributed by atoms with E-state index in [1.807, 2.05) is 17.8 Å². The first kappa shape index (κ1) is 9.85. The SMILES string of the molecule is CC(NCc1ncn[nH]1)c1nccn1C. The Bertz CT molecular complexity index is 404. The number of H-pyrrole nitrogens is 1. The largest absolute Gasteiger partial charge is 0.337 e. The van der Waals surface area contributed by atoms with Gasteiger partial charge in [-0.05, 0) is 6.92 Å². The van der Waals surface area contributed by atoms with E-state index in [0.717, 1.165) is 11.6 Å². The average Bonchev–Trinajstić information content (AvgIpc) is 2.84. The molecule has 2 aromatic heterocycles. The first-order valence-electron chi connectivity index (χ1n) is 4.82. The smallest absolute Gasteiger partial charge is 0.138 e. The zero-order valence-electron chi connectivity index (χ0n) is 8.81. The van der Waals surface area contributed by atoms with E-state index in [0.29, 0.717) is 6.54 Å². The highest BCUT2D eigenvalue weighted by molar-refractivity contribution is 4.97. The van der Waals surface area contributed by atoms with Crippen LogP contribution in [0.25, 0.3) is 0 Å². The van der Waals surface area contributed by atoms with Crippen molar-refractivity contribution in [2.45, 2.75) is 19.5 Å². The molecule has 6 heteroatoms. The standard InChI is InChI=1S/C9H14N6/c1-7(9-10-3-4-15(9)2)11-5-8-12-6-13-14-8/h3-4,6-7,11H,5H2,1-2H3,(H,12,13,14). The monoisotopic (exact) mass is 206 g/mol. The van der Waals surface area contributed by atoms with Gasteiger partial charge in [0, 0.05) is 19.4 Å². The Labute approximate surface area is 87.8 Å². The quantitative estimate of drug-likeness (QED) is 0.759. The van der Waals surface area contributed by atoms with Gasteiger partial charge in [-0.3, -0.25) is 5.10 Å². The van der Waals surface area contributed by atoms with Crippen LogP contribution in [-0.2, 0) is 13.6 Å². The highest BCUT2D eigenvalue weighted by Crippen LogP contribution is 2.08. The molecule has 2 heterocycles. The zero-order chi connectivity index (χ0) is 10.7. The van der Waals surface area contributed by atoms with Gasteiger partial charge in [0.15, 0.2) is 0 Å². The number of hydrogen-bond donors (Lipinski definition) is 2. The number of rotatable bonds is 4. The van der Waals surface area contributed by atoms with Gasteiger partial charge in [-0.1, -0.05) is 0 Å². The molecule has 1 atom stereocenters. The summed E-state index contributed by atoms with van der Waals surface area (Å²) in [5.74, 6) is 1.84. The highest BCUT2D eigenvalue weighted by Gasteiger charge is 2.09. The molecule has 80 valence electrons. The van der Waals surface area contributed by atoms with Crippen molar-refractivity contribution in [2.24, 2.45) is 7.05 Å². The van der Waals surface area contributed by atoms with E-state index in [-0.39, 0.29) is 6.04 Å². The first-order valence-corrected chi connectivity index (χ1v) is 4.82. The molecule has 0 aliphatic rings. The summed E-state index contributed by atoms with van der Waals surface area (Å²) >= 11 is 0. The van der Waals surface area contributed by atoms with E-state index >= 15 is 0 Å². The topological polar surface area (TPSA) is 71.4 Å². The fourth-order valence-corrected chi connectivity index (χ4v) is 1.45. The predicted octanol–water partition coefficient (Wildman–Crippen LogP) is 0.389. The fourth-order valence-electron chi connectivity index (χ4n) is 1.45. The van der Waals surface area contributed by atoms with Gasteiger partial charge in [0.05, 0.1) is 12.6 Å². The Kier molecular flexibility index (Phi) is 2.77. The Balaban J connectivity index is 1.93. The van der Waals surface area contributed by atoms with Crippen LogP contribution in [0.3, 0.4) is 0 Å². The average molecular weight is 206 g/mol. The van der Waals surface area contributed by atoms with Crippen LogP contribution < -0.4 is 5.32 Å². The van der Waals surface area contributed by atoms with Crippen LogP contribution in [0, 0.1) is 0 Å². The minimum atomic E-state index is 0.190. The second-order valence-corrected chi connectivity index (χ2v) is 3.43. The van der Waals surface area contributed by atoms with Gasteiger partial charge in [0.1, 0.15) is 18.0 Å². The number of aromatic nitrogens is 5. The Hall–Kier alpha value is -1.69. The van der Waals surface area contributed by atoms with E-state index in [1.54, 1.807) is 6.20 Å². The van der Waals surface area contributed by atoms with Gasteiger partial charge in [0.25, 0.3) is 0 Å². The maximum Gasteiger partial charge on any atom is 0.138 e. The lowest BCUT2D eigenvalue weighted by molar-refractivity contribution is 0.520. The molecule has 1 unspecified atom stereocenters. The second kappa shape index (κ2) is 4.22. The third-order valence-electron chi connectivity index (χ3n) is 2.29. The zero-order valence-corrected chi connectivity index (χ0v) is 8.81. The molecular formula is C9H14N6. The van der Waals surface area contributed by atoms with E-state index in [9.17, 15) is 0 Å². The van der Waals surface area contributed by atoms with Crippen molar-refractivity contribution < 1.29 is 0 Å².